The number of aromatic nitrogens is 5. The van der Waals surface area contributed by atoms with Crippen LogP contribution in [0.5, 0.6) is 5.75 Å². The van der Waals surface area contributed by atoms with Crippen LogP contribution in [0.3, 0.4) is 0 Å². The van der Waals surface area contributed by atoms with Crippen LogP contribution in [0.4, 0.5) is 0 Å². The third-order valence-corrected chi connectivity index (χ3v) is 4.37. The van der Waals surface area contributed by atoms with E-state index < -0.39 is 0 Å². The van der Waals surface area contributed by atoms with Crippen LogP contribution in [-0.2, 0) is 12.2 Å². The molecule has 0 fully saturated rings. The largest absolute Gasteiger partial charge is 0.496 e. The number of thioether (sulfide) groups is 1. The Morgan fingerprint density at radius 3 is 2.84 bits per heavy atom. The molecule has 0 saturated heterocycles. The van der Waals surface area contributed by atoms with Crippen LogP contribution in [0.1, 0.15) is 25.6 Å². The van der Waals surface area contributed by atoms with Gasteiger partial charge in [0.25, 0.3) is 0 Å². The first-order chi connectivity index (χ1) is 12.1. The molecular formula is C16H20N6O2S. The molecule has 0 atom stereocenters. The second-order valence-corrected chi connectivity index (χ2v) is 6.81. The lowest BCUT2D eigenvalue weighted by molar-refractivity contribution is 0.382. The van der Waals surface area contributed by atoms with Crippen LogP contribution in [-0.4, -0.2) is 32.1 Å². The number of nitrogens with zero attached hydrogens (tertiary/aromatic N) is 5. The molecule has 8 nitrogen and oxygen atoms in total. The van der Waals surface area contributed by atoms with Gasteiger partial charge in [-0.1, -0.05) is 42.9 Å². The Balaban J connectivity index is 1.72. The summed E-state index contributed by atoms with van der Waals surface area (Å²) >= 11 is 1.39. The van der Waals surface area contributed by atoms with Crippen LogP contribution >= 0.6 is 11.8 Å². The van der Waals surface area contributed by atoms with Gasteiger partial charge in [-0.3, -0.25) is 0 Å². The fraction of sp³-hybridized carbons (Fsp3) is 0.375. The highest BCUT2D eigenvalue weighted by molar-refractivity contribution is 7.98. The number of ether oxygens (including phenoxy) is 1. The van der Waals surface area contributed by atoms with Gasteiger partial charge in [0, 0.05) is 6.42 Å². The van der Waals surface area contributed by atoms with Gasteiger partial charge in [0.1, 0.15) is 5.75 Å². The van der Waals surface area contributed by atoms with Gasteiger partial charge in [-0.2, -0.15) is 4.98 Å². The standard InChI is InChI=1S/C16H20N6O2S/c1-10(2)8-13-18-14(24-21-13)9-25-16-20-19-15(22(16)17)11-6-4-5-7-12(11)23-3/h4-7,10H,8-9,17H2,1-3H3. The fourth-order valence-electron chi connectivity index (χ4n) is 2.31. The van der Waals surface area contributed by atoms with E-state index in [1.54, 1.807) is 7.11 Å². The average molecular weight is 360 g/mol. The fourth-order valence-corrected chi connectivity index (χ4v) is 3.01. The number of methoxy groups -OCH3 is 1. The van der Waals surface area contributed by atoms with Gasteiger partial charge in [-0.05, 0) is 18.1 Å². The lowest BCUT2D eigenvalue weighted by Crippen LogP contribution is -2.12. The van der Waals surface area contributed by atoms with Crippen molar-refractivity contribution in [1.82, 2.24) is 25.0 Å². The molecule has 0 aliphatic rings. The van der Waals surface area contributed by atoms with Crippen LogP contribution in [0.2, 0.25) is 0 Å². The number of hydrogen-bond acceptors (Lipinski definition) is 8. The molecule has 3 rings (SSSR count). The first kappa shape index (κ1) is 17.3. The molecule has 25 heavy (non-hydrogen) atoms. The van der Waals surface area contributed by atoms with E-state index in [4.69, 9.17) is 15.1 Å². The number of para-hydroxylation sites is 1. The summed E-state index contributed by atoms with van der Waals surface area (Å²) in [5, 5.41) is 12.9. The van der Waals surface area contributed by atoms with E-state index >= 15 is 0 Å². The molecule has 0 saturated carbocycles. The predicted octanol–water partition coefficient (Wildman–Crippen LogP) is 2.54. The summed E-state index contributed by atoms with van der Waals surface area (Å²) in [6.07, 6.45) is 0.791. The minimum Gasteiger partial charge on any atom is -0.496 e. The summed E-state index contributed by atoms with van der Waals surface area (Å²) in [7, 11) is 1.61. The third-order valence-electron chi connectivity index (χ3n) is 3.44. The monoisotopic (exact) mass is 360 g/mol. The molecular weight excluding hydrogens is 340 g/mol. The SMILES string of the molecule is COc1ccccc1-c1nnc(SCc2nc(CC(C)C)no2)n1N. The molecule has 0 bridgehead atoms. The van der Waals surface area contributed by atoms with Crippen molar-refractivity contribution in [3.63, 3.8) is 0 Å². The number of nitrogens with two attached hydrogens (primary N) is 1. The highest BCUT2D eigenvalue weighted by atomic mass is 32.2. The Morgan fingerprint density at radius 1 is 1.28 bits per heavy atom. The number of rotatable bonds is 7. The molecule has 2 aromatic heterocycles. The zero-order chi connectivity index (χ0) is 17.8. The first-order valence-corrected chi connectivity index (χ1v) is 8.85. The van der Waals surface area contributed by atoms with Crippen molar-refractivity contribution in [3.8, 4) is 17.1 Å². The highest BCUT2D eigenvalue weighted by Gasteiger charge is 2.17. The summed E-state index contributed by atoms with van der Waals surface area (Å²) in [6.45, 7) is 4.22. The maximum absolute atomic E-state index is 6.14. The summed E-state index contributed by atoms with van der Waals surface area (Å²) in [6, 6.07) is 7.52. The van der Waals surface area contributed by atoms with E-state index in [9.17, 15) is 0 Å². The first-order valence-electron chi connectivity index (χ1n) is 7.86. The van der Waals surface area contributed by atoms with Gasteiger partial charge >= 0.3 is 0 Å². The molecule has 0 aliphatic heterocycles. The molecule has 0 unspecified atom stereocenters. The summed E-state index contributed by atoms with van der Waals surface area (Å²) in [5.41, 5.74) is 0.781. The van der Waals surface area contributed by atoms with E-state index in [1.807, 2.05) is 24.3 Å². The van der Waals surface area contributed by atoms with Crippen LogP contribution in [0.25, 0.3) is 11.4 Å². The van der Waals surface area contributed by atoms with Crippen molar-refractivity contribution < 1.29 is 9.26 Å². The molecule has 0 spiro atoms. The van der Waals surface area contributed by atoms with Crippen LogP contribution in [0, 0.1) is 5.92 Å². The molecule has 1 aromatic carbocycles. The number of nitrogen functional groups attached to an aromatic ring is 1. The smallest absolute Gasteiger partial charge is 0.237 e. The van der Waals surface area contributed by atoms with Crippen molar-refractivity contribution in [2.45, 2.75) is 31.2 Å². The Morgan fingerprint density at radius 2 is 2.08 bits per heavy atom. The lowest BCUT2D eigenvalue weighted by atomic mass is 10.1. The van der Waals surface area contributed by atoms with Crippen molar-refractivity contribution in [2.75, 3.05) is 13.0 Å². The van der Waals surface area contributed by atoms with Gasteiger partial charge in [-0.25, -0.2) is 4.68 Å². The van der Waals surface area contributed by atoms with Gasteiger partial charge in [0.2, 0.25) is 11.0 Å². The van der Waals surface area contributed by atoms with E-state index in [2.05, 4.69) is 34.2 Å². The van der Waals surface area contributed by atoms with E-state index in [0.29, 0.717) is 34.3 Å². The lowest BCUT2D eigenvalue weighted by Gasteiger charge is -2.07. The molecule has 0 radical (unpaired) electrons. The highest BCUT2D eigenvalue weighted by Crippen LogP contribution is 2.30. The zero-order valence-electron chi connectivity index (χ0n) is 14.3. The minimum absolute atomic E-state index is 0.479. The average Bonchev–Trinajstić information content (AvgIpc) is 3.19. The van der Waals surface area contributed by atoms with Crippen molar-refractivity contribution in [3.05, 3.63) is 36.0 Å². The van der Waals surface area contributed by atoms with Crippen LogP contribution < -0.4 is 10.6 Å². The number of hydrogen-bond donors (Lipinski definition) is 1. The normalized spacial score (nSPS) is 11.2. The minimum atomic E-state index is 0.479. The number of benzene rings is 1. The second-order valence-electron chi connectivity index (χ2n) is 5.87. The van der Waals surface area contributed by atoms with Gasteiger partial charge < -0.3 is 15.1 Å². The van der Waals surface area contributed by atoms with Gasteiger partial charge in [0.05, 0.1) is 18.4 Å². The van der Waals surface area contributed by atoms with E-state index in [-0.39, 0.29) is 0 Å². The Hall–Kier alpha value is -2.55. The molecule has 0 amide bonds. The summed E-state index contributed by atoms with van der Waals surface area (Å²) in [4.78, 5) is 4.37. The van der Waals surface area contributed by atoms with E-state index in [0.717, 1.165) is 17.8 Å². The molecule has 0 aliphatic carbocycles. The Labute approximate surface area is 149 Å². The zero-order valence-corrected chi connectivity index (χ0v) is 15.2. The molecule has 2 N–H and O–H groups in total. The quantitative estimate of drug-likeness (QED) is 0.506. The molecule has 132 valence electrons. The van der Waals surface area contributed by atoms with Crippen molar-refractivity contribution >= 4 is 11.8 Å². The van der Waals surface area contributed by atoms with E-state index in [1.165, 1.54) is 16.4 Å². The molecule has 9 heteroatoms. The maximum atomic E-state index is 6.14. The summed E-state index contributed by atoms with van der Waals surface area (Å²) in [5.74, 6) is 9.58. The van der Waals surface area contributed by atoms with Gasteiger partial charge in [-0.15, -0.1) is 10.2 Å². The van der Waals surface area contributed by atoms with Gasteiger partial charge in [0.15, 0.2) is 11.6 Å². The molecule has 3 aromatic rings. The van der Waals surface area contributed by atoms with Crippen molar-refractivity contribution in [1.29, 1.82) is 0 Å². The Bertz CT molecular complexity index is 845. The van der Waals surface area contributed by atoms with Crippen molar-refractivity contribution in [2.24, 2.45) is 5.92 Å². The Kier molecular flexibility index (Phi) is 5.22. The predicted molar refractivity (Wildman–Crippen MR) is 94.6 cm³/mol. The summed E-state index contributed by atoms with van der Waals surface area (Å²) < 4.78 is 12.0. The van der Waals surface area contributed by atoms with Crippen LogP contribution in [0.15, 0.2) is 33.9 Å². The topological polar surface area (TPSA) is 105 Å². The third kappa shape index (κ3) is 3.93. The second kappa shape index (κ2) is 7.56. The molecule has 2 heterocycles. The maximum Gasteiger partial charge on any atom is 0.237 e.